The van der Waals surface area contributed by atoms with Crippen LogP contribution in [0.5, 0.6) is 11.5 Å². The lowest BCUT2D eigenvalue weighted by atomic mass is 10.1. The molecule has 0 aromatic heterocycles. The van der Waals surface area contributed by atoms with E-state index in [0.717, 1.165) is 18.4 Å². The Labute approximate surface area is 149 Å². The minimum atomic E-state index is -3.63. The van der Waals surface area contributed by atoms with Crippen molar-refractivity contribution in [3.05, 3.63) is 48.0 Å². The summed E-state index contributed by atoms with van der Waals surface area (Å²) in [6, 6.07) is 12.1. The average Bonchev–Trinajstić information content (AvgIpc) is 2.62. The van der Waals surface area contributed by atoms with Crippen molar-refractivity contribution in [1.82, 2.24) is 0 Å². The van der Waals surface area contributed by atoms with Gasteiger partial charge in [-0.1, -0.05) is 31.9 Å². The van der Waals surface area contributed by atoms with E-state index < -0.39 is 10.0 Å². The monoisotopic (exact) mass is 361 g/mol. The lowest BCUT2D eigenvalue weighted by Crippen LogP contribution is -2.16. The number of unbranched alkanes of at least 4 members (excludes halogenated alkanes) is 2. The molecule has 0 bridgehead atoms. The van der Waals surface area contributed by atoms with E-state index in [4.69, 9.17) is 9.47 Å². The number of anilines is 1. The SMILES string of the molecule is CCCCCc1ccc(S(=O)(=O)Nc2ccc3c(c2)OCCO3)cc1. The number of sulfonamides is 1. The van der Waals surface area contributed by atoms with Crippen molar-refractivity contribution in [3.63, 3.8) is 0 Å². The Balaban J connectivity index is 1.71. The fourth-order valence-electron chi connectivity index (χ4n) is 2.74. The number of fused-ring (bicyclic) bond motifs is 1. The molecule has 2 aromatic carbocycles. The molecule has 1 aliphatic heterocycles. The largest absolute Gasteiger partial charge is 0.486 e. The summed E-state index contributed by atoms with van der Waals surface area (Å²) in [6.07, 6.45) is 4.46. The molecule has 0 atom stereocenters. The van der Waals surface area contributed by atoms with Crippen LogP contribution >= 0.6 is 0 Å². The summed E-state index contributed by atoms with van der Waals surface area (Å²) in [5.74, 6) is 1.18. The van der Waals surface area contributed by atoms with Gasteiger partial charge in [0, 0.05) is 6.07 Å². The van der Waals surface area contributed by atoms with Crippen LogP contribution in [-0.2, 0) is 16.4 Å². The van der Waals surface area contributed by atoms with Crippen LogP contribution in [-0.4, -0.2) is 21.6 Å². The molecule has 0 spiro atoms. The van der Waals surface area contributed by atoms with Crippen LogP contribution in [0.3, 0.4) is 0 Å². The molecule has 1 heterocycles. The molecule has 5 nitrogen and oxygen atoms in total. The van der Waals surface area contributed by atoms with Crippen molar-refractivity contribution >= 4 is 15.7 Å². The zero-order chi connectivity index (χ0) is 17.7. The van der Waals surface area contributed by atoms with Gasteiger partial charge in [-0.15, -0.1) is 0 Å². The van der Waals surface area contributed by atoms with Gasteiger partial charge in [-0.25, -0.2) is 8.42 Å². The van der Waals surface area contributed by atoms with Gasteiger partial charge in [-0.3, -0.25) is 4.72 Å². The normalized spacial score (nSPS) is 13.5. The first-order valence-electron chi connectivity index (χ1n) is 8.60. The van der Waals surface area contributed by atoms with Gasteiger partial charge in [-0.2, -0.15) is 0 Å². The van der Waals surface area contributed by atoms with Crippen molar-refractivity contribution in [2.75, 3.05) is 17.9 Å². The molecule has 2 aromatic rings. The first-order chi connectivity index (χ1) is 12.1. The van der Waals surface area contributed by atoms with Crippen LogP contribution < -0.4 is 14.2 Å². The summed E-state index contributed by atoms with van der Waals surface area (Å²) < 4.78 is 38.6. The second kappa shape index (κ2) is 7.78. The van der Waals surface area contributed by atoms with E-state index in [9.17, 15) is 8.42 Å². The van der Waals surface area contributed by atoms with Gasteiger partial charge in [0.25, 0.3) is 10.0 Å². The third-order valence-corrected chi connectivity index (χ3v) is 5.49. The van der Waals surface area contributed by atoms with E-state index >= 15 is 0 Å². The van der Waals surface area contributed by atoms with E-state index in [1.54, 1.807) is 30.3 Å². The Morgan fingerprint density at radius 1 is 0.960 bits per heavy atom. The molecule has 0 amide bonds. The van der Waals surface area contributed by atoms with Crippen LogP contribution in [0.1, 0.15) is 31.7 Å². The summed E-state index contributed by atoms with van der Waals surface area (Å²) in [5, 5.41) is 0. The number of benzene rings is 2. The predicted octanol–water partition coefficient (Wildman–Crippen LogP) is 3.99. The molecule has 3 rings (SSSR count). The van der Waals surface area contributed by atoms with Crippen LogP contribution in [0, 0.1) is 0 Å². The maximum Gasteiger partial charge on any atom is 0.261 e. The second-order valence-electron chi connectivity index (χ2n) is 6.06. The van der Waals surface area contributed by atoms with E-state index in [0.29, 0.717) is 30.4 Å². The summed E-state index contributed by atoms with van der Waals surface area (Å²) in [5.41, 5.74) is 1.61. The third-order valence-electron chi connectivity index (χ3n) is 4.10. The molecule has 0 saturated heterocycles. The summed E-state index contributed by atoms with van der Waals surface area (Å²) in [4.78, 5) is 0.252. The zero-order valence-electron chi connectivity index (χ0n) is 14.3. The molecule has 6 heteroatoms. The highest BCUT2D eigenvalue weighted by atomic mass is 32.2. The minimum absolute atomic E-state index is 0.252. The topological polar surface area (TPSA) is 64.6 Å². The van der Waals surface area contributed by atoms with Crippen LogP contribution in [0.15, 0.2) is 47.4 Å². The summed E-state index contributed by atoms with van der Waals surface area (Å²) in [6.45, 7) is 3.13. The Bertz CT molecular complexity index is 816. The molecule has 1 N–H and O–H groups in total. The quantitative estimate of drug-likeness (QED) is 0.757. The van der Waals surface area contributed by atoms with Crippen molar-refractivity contribution in [2.24, 2.45) is 0 Å². The van der Waals surface area contributed by atoms with Gasteiger partial charge in [-0.05, 0) is 42.7 Å². The van der Waals surface area contributed by atoms with Crippen LogP contribution in [0.4, 0.5) is 5.69 Å². The molecular formula is C19H23NO4S. The van der Waals surface area contributed by atoms with E-state index in [2.05, 4.69) is 11.6 Å². The lowest BCUT2D eigenvalue weighted by molar-refractivity contribution is 0.171. The molecule has 134 valence electrons. The molecule has 0 fully saturated rings. The Kier molecular flexibility index (Phi) is 5.48. The van der Waals surface area contributed by atoms with Gasteiger partial charge in [0.05, 0.1) is 10.6 Å². The molecule has 0 aliphatic carbocycles. The minimum Gasteiger partial charge on any atom is -0.486 e. The van der Waals surface area contributed by atoms with Gasteiger partial charge in [0.1, 0.15) is 13.2 Å². The van der Waals surface area contributed by atoms with E-state index in [1.165, 1.54) is 12.8 Å². The standard InChI is InChI=1S/C19H23NO4S/c1-2-3-4-5-15-6-9-17(10-7-15)25(21,22)20-16-8-11-18-19(14-16)24-13-12-23-18/h6-11,14,20H,2-5,12-13H2,1H3. The van der Waals surface area contributed by atoms with Gasteiger partial charge in [0.2, 0.25) is 0 Å². The molecule has 25 heavy (non-hydrogen) atoms. The lowest BCUT2D eigenvalue weighted by Gasteiger charge is -2.19. The first kappa shape index (κ1) is 17.6. The Morgan fingerprint density at radius 2 is 1.68 bits per heavy atom. The highest BCUT2D eigenvalue weighted by Gasteiger charge is 2.17. The molecule has 0 unspecified atom stereocenters. The van der Waals surface area contributed by atoms with Crippen molar-refractivity contribution in [2.45, 2.75) is 37.5 Å². The van der Waals surface area contributed by atoms with E-state index in [1.807, 2.05) is 12.1 Å². The molecule has 0 radical (unpaired) electrons. The van der Waals surface area contributed by atoms with Crippen LogP contribution in [0.2, 0.25) is 0 Å². The van der Waals surface area contributed by atoms with Gasteiger partial charge < -0.3 is 9.47 Å². The summed E-state index contributed by atoms with van der Waals surface area (Å²) >= 11 is 0. The maximum absolute atomic E-state index is 12.6. The van der Waals surface area contributed by atoms with Crippen molar-refractivity contribution < 1.29 is 17.9 Å². The first-order valence-corrected chi connectivity index (χ1v) is 10.1. The number of rotatable bonds is 7. The van der Waals surface area contributed by atoms with Gasteiger partial charge >= 0.3 is 0 Å². The fraction of sp³-hybridized carbons (Fsp3) is 0.368. The third kappa shape index (κ3) is 4.45. The summed E-state index contributed by atoms with van der Waals surface area (Å²) in [7, 11) is -3.63. The number of aryl methyl sites for hydroxylation is 1. The second-order valence-corrected chi connectivity index (χ2v) is 7.75. The molecular weight excluding hydrogens is 338 g/mol. The number of hydrogen-bond donors (Lipinski definition) is 1. The number of nitrogens with one attached hydrogen (secondary N) is 1. The Morgan fingerprint density at radius 3 is 2.40 bits per heavy atom. The fourth-order valence-corrected chi connectivity index (χ4v) is 3.78. The van der Waals surface area contributed by atoms with Crippen molar-refractivity contribution in [3.8, 4) is 11.5 Å². The van der Waals surface area contributed by atoms with E-state index in [-0.39, 0.29) is 4.90 Å². The van der Waals surface area contributed by atoms with Crippen molar-refractivity contribution in [1.29, 1.82) is 0 Å². The zero-order valence-corrected chi connectivity index (χ0v) is 15.1. The number of ether oxygens (including phenoxy) is 2. The Hall–Kier alpha value is -2.21. The average molecular weight is 361 g/mol. The number of hydrogen-bond acceptors (Lipinski definition) is 4. The van der Waals surface area contributed by atoms with Crippen LogP contribution in [0.25, 0.3) is 0 Å². The van der Waals surface area contributed by atoms with Gasteiger partial charge in [0.15, 0.2) is 11.5 Å². The molecule has 0 saturated carbocycles. The smallest absolute Gasteiger partial charge is 0.261 e. The molecule has 1 aliphatic rings. The predicted molar refractivity (Wildman–Crippen MR) is 97.9 cm³/mol. The maximum atomic E-state index is 12.6. The highest BCUT2D eigenvalue weighted by Crippen LogP contribution is 2.33. The highest BCUT2D eigenvalue weighted by molar-refractivity contribution is 7.92.